The van der Waals surface area contributed by atoms with Gasteiger partial charge in [0.2, 0.25) is 0 Å². The number of likely N-dealkylation sites (N-methyl/N-ethyl adjacent to an activating group) is 1. The second-order valence-electron chi connectivity index (χ2n) is 10.8. The maximum atomic E-state index is 13.4. The number of amides is 1. The molecule has 1 aromatic rings. The number of aliphatic imine (C=N–C) groups is 1. The van der Waals surface area contributed by atoms with Crippen molar-refractivity contribution in [3.8, 4) is 5.75 Å². The number of nitrogens with two attached hydrogens (primary N) is 1. The highest BCUT2D eigenvalue weighted by Gasteiger charge is 2.48. The Bertz CT molecular complexity index is 908. The maximum absolute atomic E-state index is 13.4. The van der Waals surface area contributed by atoms with Gasteiger partial charge in [0.15, 0.2) is 11.7 Å². The molecule has 2 aliphatic carbocycles. The standard InChI is InChI=1S/C28H41N3O3/c1-31-26(33)28(30-27(31)29,16-15-20-9-4-3-5-10-20)19-22-12-8-11-21(17-22)18-24(32)23-13-6-7-14-25(23)34-2/h6-7,13-14,20-22H,3-5,8-12,15-19H2,1-2H3,(H2,29,30)/t21-,22+,28-/m1/s1. The summed E-state index contributed by atoms with van der Waals surface area (Å²) in [4.78, 5) is 32.8. The van der Waals surface area contributed by atoms with Gasteiger partial charge < -0.3 is 10.5 Å². The van der Waals surface area contributed by atoms with Gasteiger partial charge in [-0.2, -0.15) is 0 Å². The normalized spacial score (nSPS) is 28.1. The van der Waals surface area contributed by atoms with Crippen molar-refractivity contribution in [2.45, 2.75) is 89.0 Å². The molecule has 3 aliphatic rings. The van der Waals surface area contributed by atoms with Gasteiger partial charge in [0.1, 0.15) is 11.3 Å². The Labute approximate surface area is 204 Å². The highest BCUT2D eigenvalue weighted by Crippen LogP contribution is 2.42. The van der Waals surface area contributed by atoms with Crippen molar-refractivity contribution >= 4 is 17.6 Å². The van der Waals surface area contributed by atoms with Crippen LogP contribution in [0.25, 0.3) is 0 Å². The number of benzene rings is 1. The fourth-order valence-electron chi connectivity index (χ4n) is 6.57. The van der Waals surface area contributed by atoms with Crippen LogP contribution < -0.4 is 10.5 Å². The quantitative estimate of drug-likeness (QED) is 0.496. The molecule has 3 atom stereocenters. The van der Waals surface area contributed by atoms with Gasteiger partial charge >= 0.3 is 0 Å². The zero-order valence-corrected chi connectivity index (χ0v) is 20.9. The molecule has 1 heterocycles. The van der Waals surface area contributed by atoms with E-state index in [0.717, 1.165) is 44.9 Å². The van der Waals surface area contributed by atoms with Gasteiger partial charge in [-0.1, -0.05) is 57.1 Å². The highest BCUT2D eigenvalue weighted by molar-refractivity contribution is 6.06. The predicted octanol–water partition coefficient (Wildman–Crippen LogP) is 5.35. The zero-order valence-electron chi connectivity index (χ0n) is 20.9. The Morgan fingerprint density at radius 1 is 1.09 bits per heavy atom. The molecule has 2 fully saturated rings. The molecule has 1 amide bonds. The van der Waals surface area contributed by atoms with Crippen molar-refractivity contribution in [2.24, 2.45) is 28.5 Å². The summed E-state index contributed by atoms with van der Waals surface area (Å²) < 4.78 is 5.40. The Kier molecular flexibility index (Phi) is 7.95. The van der Waals surface area contributed by atoms with E-state index in [0.29, 0.717) is 41.4 Å². The first-order valence-corrected chi connectivity index (χ1v) is 13.2. The molecule has 34 heavy (non-hydrogen) atoms. The van der Waals surface area contributed by atoms with Crippen LogP contribution in [0.3, 0.4) is 0 Å². The Morgan fingerprint density at radius 2 is 1.79 bits per heavy atom. The highest BCUT2D eigenvalue weighted by atomic mass is 16.5. The number of methoxy groups -OCH3 is 1. The molecule has 6 heteroatoms. The van der Waals surface area contributed by atoms with Crippen molar-refractivity contribution < 1.29 is 14.3 Å². The summed E-state index contributed by atoms with van der Waals surface area (Å²) in [7, 11) is 3.36. The lowest BCUT2D eigenvalue weighted by molar-refractivity contribution is -0.131. The van der Waals surface area contributed by atoms with E-state index in [4.69, 9.17) is 15.5 Å². The summed E-state index contributed by atoms with van der Waals surface area (Å²) in [6, 6.07) is 7.48. The van der Waals surface area contributed by atoms with Gasteiger partial charge in [0, 0.05) is 13.5 Å². The Morgan fingerprint density at radius 3 is 2.50 bits per heavy atom. The predicted molar refractivity (Wildman–Crippen MR) is 135 cm³/mol. The van der Waals surface area contributed by atoms with Gasteiger partial charge in [-0.25, -0.2) is 4.99 Å². The minimum Gasteiger partial charge on any atom is -0.496 e. The van der Waals surface area contributed by atoms with Crippen LogP contribution in [0.5, 0.6) is 5.75 Å². The van der Waals surface area contributed by atoms with Crippen LogP contribution in [0.4, 0.5) is 0 Å². The topological polar surface area (TPSA) is 85.0 Å². The van der Waals surface area contributed by atoms with Crippen LogP contribution in [0, 0.1) is 17.8 Å². The van der Waals surface area contributed by atoms with Crippen molar-refractivity contribution in [1.82, 2.24) is 4.90 Å². The second kappa shape index (κ2) is 10.9. The van der Waals surface area contributed by atoms with E-state index in [2.05, 4.69) is 0 Å². The summed E-state index contributed by atoms with van der Waals surface area (Å²) in [5.74, 6) is 2.64. The van der Waals surface area contributed by atoms with Crippen LogP contribution in [0.15, 0.2) is 29.3 Å². The lowest BCUT2D eigenvalue weighted by Gasteiger charge is -2.35. The van der Waals surface area contributed by atoms with Crippen molar-refractivity contribution in [1.29, 1.82) is 0 Å². The molecular weight excluding hydrogens is 426 g/mol. The average molecular weight is 468 g/mol. The molecule has 2 N–H and O–H groups in total. The molecule has 1 aliphatic heterocycles. The maximum Gasteiger partial charge on any atom is 0.257 e. The van der Waals surface area contributed by atoms with E-state index >= 15 is 0 Å². The molecular formula is C28H41N3O3. The van der Waals surface area contributed by atoms with E-state index in [1.165, 1.54) is 32.1 Å². The number of carbonyl (C=O) groups is 2. The van der Waals surface area contributed by atoms with E-state index in [1.807, 2.05) is 24.3 Å². The molecule has 0 bridgehead atoms. The minimum absolute atomic E-state index is 0.0630. The number of guanidine groups is 1. The fourth-order valence-corrected chi connectivity index (χ4v) is 6.57. The number of ketones is 1. The third-order valence-corrected chi connectivity index (χ3v) is 8.47. The summed E-state index contributed by atoms with van der Waals surface area (Å²) in [5, 5.41) is 0. The van der Waals surface area contributed by atoms with E-state index in [-0.39, 0.29) is 11.7 Å². The molecule has 1 aromatic carbocycles. The van der Waals surface area contributed by atoms with Crippen LogP contribution in [0.2, 0.25) is 0 Å². The number of hydrogen-bond donors (Lipinski definition) is 1. The molecule has 2 saturated carbocycles. The Balaban J connectivity index is 1.42. The third kappa shape index (κ3) is 5.47. The number of hydrogen-bond acceptors (Lipinski definition) is 5. The smallest absolute Gasteiger partial charge is 0.257 e. The lowest BCUT2D eigenvalue weighted by Crippen LogP contribution is -2.44. The summed E-state index contributed by atoms with van der Waals surface area (Å²) in [6.45, 7) is 0. The van der Waals surface area contributed by atoms with E-state index in [1.54, 1.807) is 19.1 Å². The molecule has 0 unspecified atom stereocenters. The van der Waals surface area contributed by atoms with Gasteiger partial charge in [0.05, 0.1) is 12.7 Å². The monoisotopic (exact) mass is 467 g/mol. The first-order chi connectivity index (χ1) is 16.4. The van der Waals surface area contributed by atoms with Crippen molar-refractivity contribution in [3.63, 3.8) is 0 Å². The first-order valence-electron chi connectivity index (χ1n) is 13.2. The fraction of sp³-hybridized carbons (Fsp3) is 0.679. The summed E-state index contributed by atoms with van der Waals surface area (Å²) in [5.41, 5.74) is 6.10. The van der Waals surface area contributed by atoms with Crippen LogP contribution >= 0.6 is 0 Å². The van der Waals surface area contributed by atoms with Crippen molar-refractivity contribution in [2.75, 3.05) is 14.2 Å². The number of nitrogens with zero attached hydrogens (tertiary/aromatic N) is 2. The number of carbonyl (C=O) groups excluding carboxylic acids is 2. The van der Waals surface area contributed by atoms with Gasteiger partial charge in [0.25, 0.3) is 5.91 Å². The van der Waals surface area contributed by atoms with Gasteiger partial charge in [-0.05, 0) is 62.0 Å². The SMILES string of the molecule is COc1ccccc1C(=O)C[C@@H]1CCC[C@H](C[C@@]2(CCC3CCCCC3)N=C(N)N(C)C2=O)C1. The minimum atomic E-state index is -0.713. The Hall–Kier alpha value is -2.37. The van der Waals surface area contributed by atoms with Crippen LogP contribution in [0.1, 0.15) is 93.8 Å². The number of rotatable bonds is 9. The zero-order chi connectivity index (χ0) is 24.1. The van der Waals surface area contributed by atoms with Crippen molar-refractivity contribution in [3.05, 3.63) is 29.8 Å². The molecule has 0 radical (unpaired) electrons. The second-order valence-corrected chi connectivity index (χ2v) is 10.8. The molecule has 0 spiro atoms. The summed E-state index contributed by atoms with van der Waals surface area (Å²) in [6.07, 6.45) is 13.9. The first kappa shape index (κ1) is 24.7. The summed E-state index contributed by atoms with van der Waals surface area (Å²) >= 11 is 0. The third-order valence-electron chi connectivity index (χ3n) is 8.47. The molecule has 186 valence electrons. The number of para-hydroxylation sites is 1. The molecule has 6 nitrogen and oxygen atoms in total. The largest absolute Gasteiger partial charge is 0.496 e. The molecule has 4 rings (SSSR count). The van der Waals surface area contributed by atoms with Crippen LogP contribution in [-0.2, 0) is 4.79 Å². The number of Topliss-reactive ketones (excluding diaryl/α,β-unsaturated/α-hetero) is 1. The van der Waals surface area contributed by atoms with Crippen LogP contribution in [-0.4, -0.2) is 42.2 Å². The molecule has 0 saturated heterocycles. The number of ether oxygens (including phenoxy) is 1. The van der Waals surface area contributed by atoms with E-state index in [9.17, 15) is 9.59 Å². The van der Waals surface area contributed by atoms with E-state index < -0.39 is 5.54 Å². The lowest BCUT2D eigenvalue weighted by atomic mass is 9.71. The van der Waals surface area contributed by atoms with Gasteiger partial charge in [-0.15, -0.1) is 0 Å². The molecule has 0 aromatic heterocycles. The average Bonchev–Trinajstić information content (AvgIpc) is 3.07. The van der Waals surface area contributed by atoms with Gasteiger partial charge in [-0.3, -0.25) is 14.5 Å².